The van der Waals surface area contributed by atoms with Gasteiger partial charge in [0.1, 0.15) is 0 Å². The van der Waals surface area contributed by atoms with E-state index in [0.29, 0.717) is 0 Å². The molecule has 0 N–H and O–H groups in total. The predicted octanol–water partition coefficient (Wildman–Crippen LogP) is -2.83. The molecular weight excluding hydrogens is 152 g/mol. The van der Waals surface area contributed by atoms with Gasteiger partial charge in [0.2, 0.25) is 0 Å². The molecular formula is CAlO3Zn+3. The number of rotatable bonds is 0. The fraction of sp³-hybridized carbons (Fsp3) is 0. The van der Waals surface area contributed by atoms with Crippen LogP contribution in [0.3, 0.4) is 0 Å². The number of hydrogen-bond donors (Lipinski definition) is 0. The first-order valence-electron chi connectivity index (χ1n) is 0.612. The molecule has 6 heavy (non-hydrogen) atoms. The average Bonchev–Trinajstić information content (AvgIpc) is 0.811. The Hall–Kier alpha value is 0.426. The second-order valence-corrected chi connectivity index (χ2v) is 0.250. The summed E-state index contributed by atoms with van der Waals surface area (Å²) < 4.78 is 0. The Balaban J connectivity index is -0.0000000450. The maximum absolute atomic E-state index is 8.33. The normalized spacial score (nSPS) is 4.00. The Morgan fingerprint density at radius 2 is 1.33 bits per heavy atom. The molecule has 0 atom stereocenters. The van der Waals surface area contributed by atoms with E-state index in [1.54, 1.807) is 0 Å². The maximum atomic E-state index is 8.33. The molecule has 24 valence electrons. The van der Waals surface area contributed by atoms with Crippen LogP contribution in [0.2, 0.25) is 0 Å². The van der Waals surface area contributed by atoms with Crippen molar-refractivity contribution in [2.75, 3.05) is 0 Å². The largest absolute Gasteiger partial charge is 3.00 e. The first kappa shape index (κ1) is 16.1. The molecule has 0 aliphatic rings. The predicted molar refractivity (Wildman–Crippen MR) is 11.1 cm³/mol. The summed E-state index contributed by atoms with van der Waals surface area (Å²) in [7, 11) is 0. The van der Waals surface area contributed by atoms with E-state index in [4.69, 9.17) is 15.0 Å². The van der Waals surface area contributed by atoms with Crippen LogP contribution >= 0.6 is 0 Å². The Labute approximate surface area is 58.2 Å². The Bertz CT molecular complexity index is 33.8. The minimum Gasteiger partial charge on any atom is -0.652 e. The Morgan fingerprint density at radius 1 is 1.33 bits per heavy atom. The van der Waals surface area contributed by atoms with Crippen LogP contribution in [-0.4, -0.2) is 23.5 Å². The van der Waals surface area contributed by atoms with Crippen molar-refractivity contribution in [3.05, 3.63) is 0 Å². The van der Waals surface area contributed by atoms with Gasteiger partial charge in [-0.2, -0.15) is 0 Å². The van der Waals surface area contributed by atoms with E-state index < -0.39 is 6.16 Å². The SMILES string of the molecule is O=C([O-])[O-].[Al+3].[Zn+2]. The van der Waals surface area contributed by atoms with Crippen molar-refractivity contribution in [3.63, 3.8) is 0 Å². The minimum atomic E-state index is -2.33. The van der Waals surface area contributed by atoms with Crippen LogP contribution < -0.4 is 10.2 Å². The van der Waals surface area contributed by atoms with Crippen LogP contribution in [0.25, 0.3) is 0 Å². The van der Waals surface area contributed by atoms with Gasteiger partial charge < -0.3 is 15.0 Å². The van der Waals surface area contributed by atoms with Crippen molar-refractivity contribution >= 4 is 23.5 Å². The minimum absolute atomic E-state index is 0. The molecule has 0 unspecified atom stereocenters. The summed E-state index contributed by atoms with van der Waals surface area (Å²) in [5, 5.41) is 16.7. The Morgan fingerprint density at radius 3 is 1.33 bits per heavy atom. The standard InChI is InChI=1S/CH2O3.Al.Zn/c2-1(3)4;;/h(H2,2,3,4);;/q;+3;+2/p-2. The molecule has 0 fully saturated rings. The van der Waals surface area contributed by atoms with Gasteiger partial charge in [0.15, 0.2) is 0 Å². The molecule has 0 aliphatic carbocycles. The van der Waals surface area contributed by atoms with E-state index in [0.717, 1.165) is 0 Å². The quantitative estimate of drug-likeness (QED) is 0.352. The van der Waals surface area contributed by atoms with E-state index >= 15 is 0 Å². The summed E-state index contributed by atoms with van der Waals surface area (Å²) in [4.78, 5) is 8.33. The first-order chi connectivity index (χ1) is 1.73. The van der Waals surface area contributed by atoms with E-state index in [-0.39, 0.29) is 36.8 Å². The monoisotopic (exact) mass is 151 g/mol. The summed E-state index contributed by atoms with van der Waals surface area (Å²) in [6, 6.07) is 0. The fourth-order valence-corrected chi connectivity index (χ4v) is 0. The van der Waals surface area contributed by atoms with Gasteiger partial charge >= 0.3 is 36.8 Å². The van der Waals surface area contributed by atoms with Gasteiger partial charge in [-0.1, -0.05) is 0 Å². The van der Waals surface area contributed by atoms with Gasteiger partial charge in [0, 0.05) is 0 Å². The van der Waals surface area contributed by atoms with Crippen molar-refractivity contribution in [2.45, 2.75) is 0 Å². The van der Waals surface area contributed by atoms with Gasteiger partial charge in [-0.05, 0) is 6.16 Å². The second kappa shape index (κ2) is 9.06. The average molecular weight is 152 g/mol. The third-order valence-electron chi connectivity index (χ3n) is 0. The molecule has 0 saturated carbocycles. The van der Waals surface area contributed by atoms with Gasteiger partial charge in [-0.3, -0.25) is 0 Å². The first-order valence-corrected chi connectivity index (χ1v) is 0.612. The van der Waals surface area contributed by atoms with Crippen molar-refractivity contribution < 1.29 is 34.5 Å². The number of carbonyl (C=O) groups excluding carboxylic acids is 1. The third kappa shape index (κ3) is 286. The zero-order valence-electron chi connectivity index (χ0n) is 3.01. The molecule has 0 aromatic carbocycles. The topological polar surface area (TPSA) is 63.2 Å². The molecule has 0 aromatic heterocycles. The molecule has 3 nitrogen and oxygen atoms in total. The van der Waals surface area contributed by atoms with Crippen molar-refractivity contribution in [1.82, 2.24) is 0 Å². The summed E-state index contributed by atoms with van der Waals surface area (Å²) in [6.45, 7) is 0. The molecule has 0 radical (unpaired) electrons. The molecule has 5 heteroatoms. The van der Waals surface area contributed by atoms with Gasteiger partial charge in [0.25, 0.3) is 0 Å². The Kier molecular flexibility index (Phi) is 24.3. The van der Waals surface area contributed by atoms with Crippen LogP contribution in [0.15, 0.2) is 0 Å². The second-order valence-electron chi connectivity index (χ2n) is 0.250. The fourth-order valence-electron chi connectivity index (χ4n) is 0. The molecule has 0 spiro atoms. The van der Waals surface area contributed by atoms with Crippen LogP contribution in [0.5, 0.6) is 0 Å². The zero-order valence-corrected chi connectivity index (χ0v) is 7.13. The van der Waals surface area contributed by atoms with Crippen LogP contribution in [0.1, 0.15) is 0 Å². The van der Waals surface area contributed by atoms with E-state index in [2.05, 4.69) is 0 Å². The summed E-state index contributed by atoms with van der Waals surface area (Å²) in [5.41, 5.74) is 0. The summed E-state index contributed by atoms with van der Waals surface area (Å²) in [6.07, 6.45) is -2.33. The number of carbonyl (C=O) groups is 1. The molecule has 0 heterocycles. The smallest absolute Gasteiger partial charge is 0.652 e. The number of hydrogen-bond acceptors (Lipinski definition) is 3. The van der Waals surface area contributed by atoms with Gasteiger partial charge in [-0.15, -0.1) is 0 Å². The van der Waals surface area contributed by atoms with E-state index in [1.807, 2.05) is 0 Å². The van der Waals surface area contributed by atoms with Gasteiger partial charge in [-0.25, -0.2) is 0 Å². The van der Waals surface area contributed by atoms with Crippen molar-refractivity contribution in [2.24, 2.45) is 0 Å². The molecule has 0 amide bonds. The summed E-state index contributed by atoms with van der Waals surface area (Å²) >= 11 is 0. The molecule has 0 rings (SSSR count). The van der Waals surface area contributed by atoms with Crippen LogP contribution in [-0.2, 0) is 19.5 Å². The zero-order chi connectivity index (χ0) is 3.58. The van der Waals surface area contributed by atoms with Crippen LogP contribution in [0, 0.1) is 0 Å². The third-order valence-corrected chi connectivity index (χ3v) is 0. The van der Waals surface area contributed by atoms with Crippen molar-refractivity contribution in [3.8, 4) is 0 Å². The summed E-state index contributed by atoms with van der Waals surface area (Å²) in [5.74, 6) is 0. The van der Waals surface area contributed by atoms with Gasteiger partial charge in [0.05, 0.1) is 0 Å². The van der Waals surface area contributed by atoms with E-state index in [9.17, 15) is 0 Å². The van der Waals surface area contributed by atoms with Crippen LogP contribution in [0.4, 0.5) is 4.79 Å². The molecule has 0 bridgehead atoms. The maximum Gasteiger partial charge on any atom is 3.00 e. The molecule has 0 aromatic rings. The molecule has 0 aliphatic heterocycles. The van der Waals surface area contributed by atoms with E-state index in [1.165, 1.54) is 0 Å². The van der Waals surface area contributed by atoms with Crippen molar-refractivity contribution in [1.29, 1.82) is 0 Å². The number of carboxylic acid groups (broad SMARTS) is 2. The molecule has 0 saturated heterocycles.